The topological polar surface area (TPSA) is 20.2 Å². The zero-order chi connectivity index (χ0) is 8.28. The molecule has 0 heterocycles. The van der Waals surface area contributed by atoms with Crippen LogP contribution in [-0.2, 0) is 0 Å². The maximum Gasteiger partial charge on any atom is 0.0833 e. The Kier molecular flexibility index (Phi) is 1.15. The molecule has 0 amide bonds. The lowest BCUT2D eigenvalue weighted by atomic mass is 9.47. The molecule has 1 saturated carbocycles. The lowest BCUT2D eigenvalue weighted by molar-refractivity contribution is -0.121. The lowest BCUT2D eigenvalue weighted by Gasteiger charge is -2.59. The molecule has 1 fully saturated rings. The summed E-state index contributed by atoms with van der Waals surface area (Å²) in [7, 11) is 0. The van der Waals surface area contributed by atoms with Gasteiger partial charge in [-0.15, -0.1) is 0 Å². The molecule has 62 valence electrons. The molecule has 1 N–H and O–H groups in total. The molecule has 0 saturated heterocycles. The largest absolute Gasteiger partial charge is 0.386 e. The van der Waals surface area contributed by atoms with E-state index in [4.69, 9.17) is 0 Å². The van der Waals surface area contributed by atoms with Gasteiger partial charge in [-0.25, -0.2) is 0 Å². The molecule has 1 heteroatoms. The first-order chi connectivity index (χ1) is 4.94. The number of hydrogen-bond acceptors (Lipinski definition) is 1. The Bertz CT molecular complexity index is 213. The normalized spacial score (nSPS) is 52.0. The first kappa shape index (κ1) is 7.35. The van der Waals surface area contributed by atoms with Gasteiger partial charge in [0.05, 0.1) is 5.60 Å². The van der Waals surface area contributed by atoms with Crippen molar-refractivity contribution in [1.82, 2.24) is 0 Å². The van der Waals surface area contributed by atoms with Crippen LogP contribution in [0.25, 0.3) is 0 Å². The molecule has 1 nitrogen and oxygen atoms in total. The third-order valence-electron chi connectivity index (χ3n) is 3.71. The van der Waals surface area contributed by atoms with E-state index in [1.54, 1.807) is 0 Å². The van der Waals surface area contributed by atoms with Crippen molar-refractivity contribution in [3.05, 3.63) is 12.2 Å². The van der Waals surface area contributed by atoms with Crippen LogP contribution in [0, 0.1) is 17.3 Å². The SMILES string of the molecule is CC1(O)C=CC2CC1C2(C)C. The van der Waals surface area contributed by atoms with Gasteiger partial charge in [-0.05, 0) is 30.6 Å². The van der Waals surface area contributed by atoms with E-state index in [2.05, 4.69) is 19.9 Å². The van der Waals surface area contributed by atoms with E-state index in [1.807, 2.05) is 13.0 Å². The number of rotatable bonds is 0. The van der Waals surface area contributed by atoms with E-state index in [0.29, 0.717) is 17.3 Å². The van der Waals surface area contributed by atoms with Crippen LogP contribution < -0.4 is 0 Å². The standard InChI is InChI=1S/C10H16O/c1-9(2)7-4-5-10(3,11)8(9)6-7/h4-5,7-8,11H,6H2,1-3H3. The maximum absolute atomic E-state index is 9.93. The second-order valence-electron chi connectivity index (χ2n) is 4.80. The third-order valence-corrected chi connectivity index (χ3v) is 3.71. The summed E-state index contributed by atoms with van der Waals surface area (Å²) < 4.78 is 0. The van der Waals surface area contributed by atoms with Gasteiger partial charge >= 0.3 is 0 Å². The predicted molar refractivity (Wildman–Crippen MR) is 45.1 cm³/mol. The molecule has 0 spiro atoms. The van der Waals surface area contributed by atoms with E-state index in [-0.39, 0.29) is 0 Å². The maximum atomic E-state index is 9.93. The summed E-state index contributed by atoms with van der Waals surface area (Å²) in [5.41, 5.74) is -0.212. The van der Waals surface area contributed by atoms with Crippen LogP contribution >= 0.6 is 0 Å². The molecule has 3 aliphatic carbocycles. The van der Waals surface area contributed by atoms with Crippen LogP contribution in [0.2, 0.25) is 0 Å². The highest BCUT2D eigenvalue weighted by Gasteiger charge is 2.56. The summed E-state index contributed by atoms with van der Waals surface area (Å²) >= 11 is 0. The number of hydrogen-bond donors (Lipinski definition) is 1. The third kappa shape index (κ3) is 0.750. The van der Waals surface area contributed by atoms with Gasteiger partial charge in [-0.2, -0.15) is 0 Å². The Hall–Kier alpha value is -0.300. The Labute approximate surface area is 68.1 Å². The highest BCUT2D eigenvalue weighted by atomic mass is 16.3. The summed E-state index contributed by atoms with van der Waals surface area (Å²) in [5.74, 6) is 1.19. The van der Waals surface area contributed by atoms with Crippen molar-refractivity contribution in [2.75, 3.05) is 0 Å². The van der Waals surface area contributed by atoms with Crippen LogP contribution in [0.4, 0.5) is 0 Å². The molecule has 3 rings (SSSR count). The van der Waals surface area contributed by atoms with Crippen LogP contribution in [0.3, 0.4) is 0 Å². The van der Waals surface area contributed by atoms with Crippen molar-refractivity contribution in [2.24, 2.45) is 17.3 Å². The van der Waals surface area contributed by atoms with E-state index in [1.165, 1.54) is 6.42 Å². The van der Waals surface area contributed by atoms with Crippen LogP contribution in [0.5, 0.6) is 0 Å². The van der Waals surface area contributed by atoms with Crippen molar-refractivity contribution in [2.45, 2.75) is 32.8 Å². The summed E-state index contributed by atoms with van der Waals surface area (Å²) in [6.07, 6.45) is 5.33. The van der Waals surface area contributed by atoms with Gasteiger partial charge in [0.15, 0.2) is 0 Å². The molecule has 3 aliphatic rings. The fraction of sp³-hybridized carbons (Fsp3) is 0.800. The van der Waals surface area contributed by atoms with Gasteiger partial charge in [-0.1, -0.05) is 26.0 Å². The fourth-order valence-corrected chi connectivity index (χ4v) is 2.70. The van der Waals surface area contributed by atoms with Gasteiger partial charge in [0.25, 0.3) is 0 Å². The second kappa shape index (κ2) is 1.71. The Morgan fingerprint density at radius 1 is 1.36 bits per heavy atom. The van der Waals surface area contributed by atoms with E-state index < -0.39 is 5.60 Å². The van der Waals surface area contributed by atoms with E-state index in [9.17, 15) is 5.11 Å². The van der Waals surface area contributed by atoms with Crippen molar-refractivity contribution >= 4 is 0 Å². The molecule has 0 aliphatic heterocycles. The van der Waals surface area contributed by atoms with E-state index in [0.717, 1.165) is 0 Å². The minimum atomic E-state index is -0.543. The Balaban J connectivity index is 2.36. The smallest absolute Gasteiger partial charge is 0.0833 e. The summed E-state index contributed by atoms with van der Waals surface area (Å²) in [6, 6.07) is 0. The van der Waals surface area contributed by atoms with Gasteiger partial charge in [0, 0.05) is 0 Å². The number of aliphatic hydroxyl groups is 1. The Morgan fingerprint density at radius 2 is 2.00 bits per heavy atom. The molecule has 2 bridgehead atoms. The Morgan fingerprint density at radius 3 is 2.27 bits per heavy atom. The highest BCUT2D eigenvalue weighted by molar-refractivity contribution is 5.22. The minimum absolute atomic E-state index is 0.332. The van der Waals surface area contributed by atoms with Gasteiger partial charge in [-0.3, -0.25) is 0 Å². The van der Waals surface area contributed by atoms with Crippen LogP contribution in [0.15, 0.2) is 12.2 Å². The van der Waals surface area contributed by atoms with Crippen molar-refractivity contribution in [1.29, 1.82) is 0 Å². The molecule has 3 unspecified atom stereocenters. The lowest BCUT2D eigenvalue weighted by Crippen LogP contribution is -2.57. The predicted octanol–water partition coefficient (Wildman–Crippen LogP) is 1.97. The number of fused-ring (bicyclic) bond motifs is 1. The van der Waals surface area contributed by atoms with Gasteiger partial charge < -0.3 is 5.11 Å². The molecule has 11 heavy (non-hydrogen) atoms. The van der Waals surface area contributed by atoms with Crippen molar-refractivity contribution < 1.29 is 5.11 Å². The average molecular weight is 152 g/mol. The molecule has 3 atom stereocenters. The molecule has 0 radical (unpaired) electrons. The molecule has 0 aromatic rings. The van der Waals surface area contributed by atoms with E-state index >= 15 is 0 Å². The minimum Gasteiger partial charge on any atom is -0.386 e. The highest BCUT2D eigenvalue weighted by Crippen LogP contribution is 2.59. The first-order valence-corrected chi connectivity index (χ1v) is 4.36. The summed E-state index contributed by atoms with van der Waals surface area (Å²) in [4.78, 5) is 0. The molecule has 0 aromatic carbocycles. The first-order valence-electron chi connectivity index (χ1n) is 4.36. The second-order valence-corrected chi connectivity index (χ2v) is 4.80. The van der Waals surface area contributed by atoms with Gasteiger partial charge in [0.2, 0.25) is 0 Å². The quantitative estimate of drug-likeness (QED) is 0.526. The van der Waals surface area contributed by atoms with Crippen molar-refractivity contribution in [3.8, 4) is 0 Å². The number of allylic oxidation sites excluding steroid dienone is 1. The van der Waals surface area contributed by atoms with Crippen LogP contribution in [0.1, 0.15) is 27.2 Å². The monoisotopic (exact) mass is 152 g/mol. The molecule has 0 aromatic heterocycles. The van der Waals surface area contributed by atoms with Crippen LogP contribution in [-0.4, -0.2) is 10.7 Å². The average Bonchev–Trinajstić information content (AvgIpc) is 1.84. The zero-order valence-corrected chi connectivity index (χ0v) is 7.46. The fourth-order valence-electron chi connectivity index (χ4n) is 2.70. The van der Waals surface area contributed by atoms with Crippen molar-refractivity contribution in [3.63, 3.8) is 0 Å². The molecular formula is C10H16O. The zero-order valence-electron chi connectivity index (χ0n) is 7.46. The summed E-state index contributed by atoms with van der Waals surface area (Å²) in [6.45, 7) is 6.43. The summed E-state index contributed by atoms with van der Waals surface area (Å²) in [5, 5.41) is 9.93. The molecular weight excluding hydrogens is 136 g/mol. The van der Waals surface area contributed by atoms with Gasteiger partial charge in [0.1, 0.15) is 0 Å².